The van der Waals surface area contributed by atoms with Crippen molar-refractivity contribution in [3.63, 3.8) is 0 Å². The van der Waals surface area contributed by atoms with Gasteiger partial charge in [0.1, 0.15) is 0 Å². The normalized spacial score (nSPS) is 12.5. The third-order valence-corrected chi connectivity index (χ3v) is 8.24. The summed E-state index contributed by atoms with van der Waals surface area (Å²) in [5, 5.41) is 0. The van der Waals surface area contributed by atoms with Crippen molar-refractivity contribution >= 4 is 10.0 Å². The topological polar surface area (TPSA) is 72.2 Å². The van der Waals surface area contributed by atoms with Crippen LogP contribution in [0, 0.1) is 41.5 Å². The van der Waals surface area contributed by atoms with Gasteiger partial charge in [0.2, 0.25) is 10.0 Å². The molecular formula is C32H38N2O2RuS. The third-order valence-electron chi connectivity index (χ3n) is 6.82. The zero-order valence-corrected chi connectivity index (χ0v) is 25.5. The maximum absolute atomic E-state index is 13.1. The summed E-state index contributed by atoms with van der Waals surface area (Å²) in [6, 6.07) is 27.5. The molecule has 0 aliphatic carbocycles. The Morgan fingerprint density at radius 1 is 0.632 bits per heavy atom. The minimum absolute atomic E-state index is 0. The summed E-state index contributed by atoms with van der Waals surface area (Å²) in [4.78, 5) is 0.251. The van der Waals surface area contributed by atoms with Gasteiger partial charge in [-0.3, -0.25) is 0 Å². The molecule has 4 aromatic carbocycles. The summed E-state index contributed by atoms with van der Waals surface area (Å²) in [7, 11) is -3.74. The van der Waals surface area contributed by atoms with Crippen LogP contribution in [0.5, 0.6) is 0 Å². The zero-order valence-electron chi connectivity index (χ0n) is 23.0. The van der Waals surface area contributed by atoms with Crippen LogP contribution in [0.2, 0.25) is 0 Å². The van der Waals surface area contributed by atoms with Crippen LogP contribution in [0.25, 0.3) is 0 Å². The van der Waals surface area contributed by atoms with Crippen molar-refractivity contribution < 1.29 is 27.9 Å². The van der Waals surface area contributed by atoms with Crippen molar-refractivity contribution in [3.05, 3.63) is 136 Å². The molecule has 2 atom stereocenters. The van der Waals surface area contributed by atoms with Gasteiger partial charge in [-0.2, -0.15) is 0 Å². The standard InChI is InChI=1S/C22H24N2O2S.C10H14.Ru/c1-16-13-17(2)15-20(14-16)27(25,26)24-22(19-11-7-4-8-12-19)21(23)18-9-5-3-6-10-18;1-7-5-6-8(2)10(4)9(7)3;/h3-15,21-22,24H,23H2,1-2H3;5-6H,1-4H3;/t21-,22-;;/m1../s1. The molecule has 0 saturated carbocycles. The van der Waals surface area contributed by atoms with Crippen LogP contribution in [0.3, 0.4) is 0 Å². The van der Waals surface area contributed by atoms with E-state index in [1.807, 2.05) is 80.6 Å². The van der Waals surface area contributed by atoms with Gasteiger partial charge in [0.15, 0.2) is 0 Å². The van der Waals surface area contributed by atoms with Gasteiger partial charge < -0.3 is 5.73 Å². The summed E-state index contributed by atoms with van der Waals surface area (Å²) in [6.45, 7) is 12.4. The summed E-state index contributed by atoms with van der Waals surface area (Å²) in [5.41, 5.74) is 15.6. The van der Waals surface area contributed by atoms with Crippen LogP contribution >= 0.6 is 0 Å². The molecule has 0 spiro atoms. The molecule has 0 aliphatic heterocycles. The number of rotatable bonds is 6. The minimum atomic E-state index is -3.74. The largest absolute Gasteiger partial charge is 0.322 e. The SMILES string of the molecule is Cc1cc(C)cc(S(=O)(=O)N[C@H](c2ccccc2)[C@H](N)c2ccccc2)c1.Cc1ccc(C)c(C)c1C.[Ru]. The van der Waals surface area contributed by atoms with E-state index in [9.17, 15) is 8.42 Å². The Kier molecular flexibility index (Phi) is 11.6. The van der Waals surface area contributed by atoms with Crippen LogP contribution in [-0.2, 0) is 29.5 Å². The number of hydrogen-bond acceptors (Lipinski definition) is 3. The van der Waals surface area contributed by atoms with Gasteiger partial charge in [0.05, 0.1) is 17.0 Å². The van der Waals surface area contributed by atoms with E-state index in [0.29, 0.717) is 0 Å². The smallest absolute Gasteiger partial charge is 0.241 e. The van der Waals surface area contributed by atoms with E-state index < -0.39 is 22.1 Å². The molecule has 3 N–H and O–H groups in total. The Morgan fingerprint density at radius 2 is 1.05 bits per heavy atom. The van der Waals surface area contributed by atoms with Crippen molar-refractivity contribution in [1.82, 2.24) is 4.72 Å². The van der Waals surface area contributed by atoms with Gasteiger partial charge in [-0.05, 0) is 98.2 Å². The van der Waals surface area contributed by atoms with Gasteiger partial charge in [-0.1, -0.05) is 78.9 Å². The van der Waals surface area contributed by atoms with E-state index in [0.717, 1.165) is 22.3 Å². The molecule has 0 amide bonds. The van der Waals surface area contributed by atoms with Crippen LogP contribution in [0.15, 0.2) is 95.9 Å². The molecule has 0 aromatic heterocycles. The van der Waals surface area contributed by atoms with Gasteiger partial charge in [0, 0.05) is 19.5 Å². The zero-order chi connectivity index (χ0) is 27.2. The Morgan fingerprint density at radius 3 is 1.50 bits per heavy atom. The summed E-state index contributed by atoms with van der Waals surface area (Å²) in [5.74, 6) is 0. The fraction of sp³-hybridized carbons (Fsp3) is 0.250. The average Bonchev–Trinajstić information content (AvgIpc) is 2.89. The molecule has 6 heteroatoms. The van der Waals surface area contributed by atoms with Gasteiger partial charge in [0.25, 0.3) is 0 Å². The molecule has 4 nitrogen and oxygen atoms in total. The van der Waals surface area contributed by atoms with E-state index in [4.69, 9.17) is 5.73 Å². The molecule has 202 valence electrons. The van der Waals surface area contributed by atoms with Crippen molar-refractivity contribution in [2.45, 2.75) is 58.5 Å². The fourth-order valence-electron chi connectivity index (χ4n) is 4.29. The first-order chi connectivity index (χ1) is 17.5. The van der Waals surface area contributed by atoms with Crippen LogP contribution in [-0.4, -0.2) is 8.42 Å². The van der Waals surface area contributed by atoms with Crippen LogP contribution in [0.4, 0.5) is 0 Å². The van der Waals surface area contributed by atoms with E-state index in [2.05, 4.69) is 44.5 Å². The summed E-state index contributed by atoms with van der Waals surface area (Å²) < 4.78 is 29.0. The molecule has 0 heterocycles. The molecule has 0 unspecified atom stereocenters. The second kappa shape index (κ2) is 14.0. The maximum atomic E-state index is 13.1. The average molecular weight is 616 g/mol. The van der Waals surface area contributed by atoms with E-state index >= 15 is 0 Å². The number of sulfonamides is 1. The second-order valence-corrected chi connectivity index (χ2v) is 11.4. The third kappa shape index (κ3) is 8.18. The van der Waals surface area contributed by atoms with Crippen molar-refractivity contribution in [2.75, 3.05) is 0 Å². The van der Waals surface area contributed by atoms with Gasteiger partial charge >= 0.3 is 0 Å². The van der Waals surface area contributed by atoms with Crippen molar-refractivity contribution in [2.24, 2.45) is 5.73 Å². The van der Waals surface area contributed by atoms with Gasteiger partial charge in [-0.25, -0.2) is 13.1 Å². The van der Waals surface area contributed by atoms with E-state index in [1.54, 1.807) is 12.1 Å². The first kappa shape index (κ1) is 31.6. The number of hydrogen-bond donors (Lipinski definition) is 2. The second-order valence-electron chi connectivity index (χ2n) is 9.72. The molecule has 0 saturated heterocycles. The summed E-state index contributed by atoms with van der Waals surface area (Å²) in [6.07, 6.45) is 0. The Bertz CT molecular complexity index is 1390. The number of nitrogens with two attached hydrogens (primary N) is 1. The van der Waals surface area contributed by atoms with Crippen molar-refractivity contribution in [3.8, 4) is 0 Å². The number of nitrogens with one attached hydrogen (secondary N) is 1. The van der Waals surface area contributed by atoms with Crippen LogP contribution < -0.4 is 10.5 Å². The Hall–Kier alpha value is -2.63. The molecule has 4 aromatic rings. The van der Waals surface area contributed by atoms with Gasteiger partial charge in [-0.15, -0.1) is 0 Å². The molecule has 0 fully saturated rings. The quantitative estimate of drug-likeness (QED) is 0.231. The number of aryl methyl sites for hydroxylation is 4. The maximum Gasteiger partial charge on any atom is 0.241 e. The van der Waals surface area contributed by atoms with E-state index in [1.165, 1.54) is 22.3 Å². The molecule has 0 radical (unpaired) electrons. The number of benzene rings is 4. The minimum Gasteiger partial charge on any atom is -0.322 e. The Balaban J connectivity index is 0.000000389. The van der Waals surface area contributed by atoms with E-state index in [-0.39, 0.29) is 24.4 Å². The predicted molar refractivity (Wildman–Crippen MR) is 154 cm³/mol. The monoisotopic (exact) mass is 616 g/mol. The first-order valence-corrected chi connectivity index (χ1v) is 14.0. The molecule has 4 rings (SSSR count). The Labute approximate surface area is 241 Å². The van der Waals surface area contributed by atoms with Crippen molar-refractivity contribution in [1.29, 1.82) is 0 Å². The first-order valence-electron chi connectivity index (χ1n) is 12.5. The molecular weight excluding hydrogens is 578 g/mol. The summed E-state index contributed by atoms with van der Waals surface area (Å²) >= 11 is 0. The molecule has 0 bridgehead atoms. The predicted octanol–water partition coefficient (Wildman–Crippen LogP) is 6.94. The molecule has 38 heavy (non-hydrogen) atoms. The molecule has 0 aliphatic rings. The fourth-order valence-corrected chi connectivity index (χ4v) is 5.73. The van der Waals surface area contributed by atoms with Crippen LogP contribution in [0.1, 0.15) is 56.6 Å².